The summed E-state index contributed by atoms with van der Waals surface area (Å²) >= 11 is 1.64. The molecule has 4 heteroatoms. The van der Waals surface area contributed by atoms with E-state index in [2.05, 4.69) is 37.4 Å². The van der Waals surface area contributed by atoms with Gasteiger partial charge in [-0.2, -0.15) is 0 Å². The minimum Gasteiger partial charge on any atom is -0.347 e. The second-order valence-electron chi connectivity index (χ2n) is 7.14. The Bertz CT molecular complexity index is 1160. The lowest BCUT2D eigenvalue weighted by molar-refractivity contribution is 0.0953. The van der Waals surface area contributed by atoms with Crippen LogP contribution < -0.4 is 5.32 Å². The van der Waals surface area contributed by atoms with Crippen LogP contribution in [-0.2, 0) is 6.54 Å². The van der Waals surface area contributed by atoms with Gasteiger partial charge in [0.15, 0.2) is 0 Å². The molecule has 0 aliphatic carbocycles. The number of benzene rings is 2. The monoisotopic (exact) mass is 386 g/mol. The predicted octanol–water partition coefficient (Wildman–Crippen LogP) is 5.82. The lowest BCUT2D eigenvalue weighted by Gasteiger charge is -2.12. The topological polar surface area (TPSA) is 42.0 Å². The zero-order valence-corrected chi connectivity index (χ0v) is 17.1. The van der Waals surface area contributed by atoms with Gasteiger partial charge in [0.25, 0.3) is 5.91 Å². The highest BCUT2D eigenvalue weighted by Crippen LogP contribution is 2.27. The van der Waals surface area contributed by atoms with E-state index in [9.17, 15) is 4.79 Å². The molecule has 140 valence electrons. The molecule has 1 N–H and O–H groups in total. The predicted molar refractivity (Wildman–Crippen MR) is 117 cm³/mol. The van der Waals surface area contributed by atoms with Crippen molar-refractivity contribution in [1.82, 2.24) is 10.3 Å². The lowest BCUT2D eigenvalue weighted by atomic mass is 10.00. The molecule has 0 atom stereocenters. The van der Waals surface area contributed by atoms with Gasteiger partial charge in [-0.3, -0.25) is 4.79 Å². The van der Waals surface area contributed by atoms with Crippen LogP contribution >= 0.6 is 11.3 Å². The van der Waals surface area contributed by atoms with Gasteiger partial charge in [-0.15, -0.1) is 11.3 Å². The SMILES string of the molecule is Cc1ccc2nc(-c3ccc(C)c(C)c3)cc(C(=O)NCc3cccs3)c2c1. The highest BCUT2D eigenvalue weighted by atomic mass is 32.1. The third kappa shape index (κ3) is 3.69. The van der Waals surface area contributed by atoms with Gasteiger partial charge in [0.1, 0.15) is 0 Å². The molecule has 0 fully saturated rings. The standard InChI is InChI=1S/C24H22N2OS/c1-15-6-9-22-20(11-15)21(24(27)25-14-19-5-4-10-28-19)13-23(26-22)18-8-7-16(2)17(3)12-18/h4-13H,14H2,1-3H3,(H,25,27). The average Bonchev–Trinajstić information content (AvgIpc) is 3.21. The molecule has 0 spiro atoms. The van der Waals surface area contributed by atoms with Crippen LogP contribution in [0.15, 0.2) is 60.0 Å². The first-order chi connectivity index (χ1) is 13.5. The number of fused-ring (bicyclic) bond motifs is 1. The van der Waals surface area contributed by atoms with Gasteiger partial charge in [-0.25, -0.2) is 4.98 Å². The lowest BCUT2D eigenvalue weighted by Crippen LogP contribution is -2.22. The summed E-state index contributed by atoms with van der Waals surface area (Å²) in [4.78, 5) is 19.0. The highest BCUT2D eigenvalue weighted by Gasteiger charge is 2.15. The van der Waals surface area contributed by atoms with Gasteiger partial charge in [0.05, 0.1) is 23.3 Å². The Morgan fingerprint density at radius 1 is 1.00 bits per heavy atom. The summed E-state index contributed by atoms with van der Waals surface area (Å²) in [6.07, 6.45) is 0. The maximum absolute atomic E-state index is 13.0. The number of carbonyl (C=O) groups is 1. The van der Waals surface area contributed by atoms with E-state index in [4.69, 9.17) is 4.98 Å². The number of rotatable bonds is 4. The number of thiophene rings is 1. The molecule has 0 aliphatic rings. The molecule has 0 unspecified atom stereocenters. The van der Waals surface area contributed by atoms with Crippen molar-refractivity contribution in [3.63, 3.8) is 0 Å². The molecule has 0 bridgehead atoms. The van der Waals surface area contributed by atoms with E-state index in [1.54, 1.807) is 11.3 Å². The zero-order chi connectivity index (χ0) is 19.7. The molecule has 4 aromatic rings. The second-order valence-corrected chi connectivity index (χ2v) is 8.17. The van der Waals surface area contributed by atoms with E-state index in [0.29, 0.717) is 12.1 Å². The fourth-order valence-corrected chi connectivity index (χ4v) is 3.90. The molecule has 4 rings (SSSR count). The normalized spacial score (nSPS) is 11.0. The van der Waals surface area contributed by atoms with Gasteiger partial charge < -0.3 is 5.32 Å². The van der Waals surface area contributed by atoms with Crippen LogP contribution in [-0.4, -0.2) is 10.9 Å². The fraction of sp³-hybridized carbons (Fsp3) is 0.167. The van der Waals surface area contributed by atoms with Crippen LogP contribution in [0.25, 0.3) is 22.2 Å². The molecule has 3 nitrogen and oxygen atoms in total. The van der Waals surface area contributed by atoms with E-state index in [1.165, 1.54) is 11.1 Å². The number of nitrogens with one attached hydrogen (secondary N) is 1. The number of nitrogens with zero attached hydrogens (tertiary/aromatic N) is 1. The molecular formula is C24H22N2OS. The van der Waals surface area contributed by atoms with Crippen LogP contribution in [0.4, 0.5) is 0 Å². The van der Waals surface area contributed by atoms with E-state index in [0.717, 1.165) is 32.6 Å². The highest BCUT2D eigenvalue weighted by molar-refractivity contribution is 7.09. The van der Waals surface area contributed by atoms with Gasteiger partial charge in [-0.1, -0.05) is 29.8 Å². The number of pyridine rings is 1. The molecule has 0 radical (unpaired) electrons. The Balaban J connectivity index is 1.79. The third-order valence-corrected chi connectivity index (χ3v) is 5.89. The van der Waals surface area contributed by atoms with E-state index in [1.807, 2.05) is 48.7 Å². The maximum atomic E-state index is 13.0. The van der Waals surface area contributed by atoms with Crippen molar-refractivity contribution >= 4 is 28.1 Å². The summed E-state index contributed by atoms with van der Waals surface area (Å²) in [5.41, 5.74) is 6.92. The Kier molecular flexibility index (Phi) is 4.97. The van der Waals surface area contributed by atoms with Crippen LogP contribution in [0.1, 0.15) is 31.9 Å². The Labute approximate surface area is 169 Å². The van der Waals surface area contributed by atoms with E-state index >= 15 is 0 Å². The van der Waals surface area contributed by atoms with Crippen LogP contribution in [0.3, 0.4) is 0 Å². The average molecular weight is 387 g/mol. The Hall–Kier alpha value is -2.98. The summed E-state index contributed by atoms with van der Waals surface area (Å²) in [6.45, 7) is 6.76. The number of carbonyl (C=O) groups excluding carboxylic acids is 1. The van der Waals surface area contributed by atoms with Crippen molar-refractivity contribution in [2.75, 3.05) is 0 Å². The molecule has 0 saturated carbocycles. The van der Waals surface area contributed by atoms with Gasteiger partial charge >= 0.3 is 0 Å². The number of aromatic nitrogens is 1. The van der Waals surface area contributed by atoms with E-state index < -0.39 is 0 Å². The minimum absolute atomic E-state index is 0.0727. The van der Waals surface area contributed by atoms with Gasteiger partial charge in [-0.05, 0) is 67.6 Å². The summed E-state index contributed by atoms with van der Waals surface area (Å²) in [6, 6.07) is 18.3. The van der Waals surface area contributed by atoms with Crippen molar-refractivity contribution < 1.29 is 4.79 Å². The number of hydrogen-bond donors (Lipinski definition) is 1. The molecule has 0 aliphatic heterocycles. The van der Waals surface area contributed by atoms with E-state index in [-0.39, 0.29) is 5.91 Å². The van der Waals surface area contributed by atoms with Crippen LogP contribution in [0.5, 0.6) is 0 Å². The molecule has 2 aromatic heterocycles. The number of aryl methyl sites for hydroxylation is 3. The first kappa shape index (κ1) is 18.4. The first-order valence-corrected chi connectivity index (χ1v) is 10.2. The summed E-state index contributed by atoms with van der Waals surface area (Å²) in [7, 11) is 0. The van der Waals surface area contributed by atoms with Crippen molar-refractivity contribution in [3.05, 3.63) is 87.1 Å². The zero-order valence-electron chi connectivity index (χ0n) is 16.2. The smallest absolute Gasteiger partial charge is 0.252 e. The molecule has 2 heterocycles. The first-order valence-electron chi connectivity index (χ1n) is 9.31. The molecule has 2 aromatic carbocycles. The second kappa shape index (κ2) is 7.56. The molecular weight excluding hydrogens is 364 g/mol. The molecule has 28 heavy (non-hydrogen) atoms. The van der Waals surface area contributed by atoms with Crippen LogP contribution in [0.2, 0.25) is 0 Å². The number of amides is 1. The van der Waals surface area contributed by atoms with Gasteiger partial charge in [0, 0.05) is 15.8 Å². The molecule has 0 saturated heterocycles. The maximum Gasteiger partial charge on any atom is 0.252 e. The summed E-state index contributed by atoms with van der Waals surface area (Å²) in [5.74, 6) is -0.0727. The van der Waals surface area contributed by atoms with Crippen molar-refractivity contribution in [1.29, 1.82) is 0 Å². The number of hydrogen-bond acceptors (Lipinski definition) is 3. The Morgan fingerprint density at radius 2 is 1.86 bits per heavy atom. The van der Waals surface area contributed by atoms with Crippen molar-refractivity contribution in [2.24, 2.45) is 0 Å². The fourth-order valence-electron chi connectivity index (χ4n) is 3.25. The summed E-state index contributed by atoms with van der Waals surface area (Å²) in [5, 5.41) is 5.96. The Morgan fingerprint density at radius 3 is 2.61 bits per heavy atom. The minimum atomic E-state index is -0.0727. The van der Waals surface area contributed by atoms with Crippen molar-refractivity contribution in [3.8, 4) is 11.3 Å². The quantitative estimate of drug-likeness (QED) is 0.480. The largest absolute Gasteiger partial charge is 0.347 e. The summed E-state index contributed by atoms with van der Waals surface area (Å²) < 4.78 is 0. The van der Waals surface area contributed by atoms with Crippen LogP contribution in [0, 0.1) is 20.8 Å². The van der Waals surface area contributed by atoms with Gasteiger partial charge in [0.2, 0.25) is 0 Å². The third-order valence-electron chi connectivity index (χ3n) is 5.01. The molecule has 1 amide bonds. The van der Waals surface area contributed by atoms with Crippen molar-refractivity contribution in [2.45, 2.75) is 27.3 Å².